The molecular weight excluding hydrogens is 176 g/mol. The van der Waals surface area contributed by atoms with E-state index in [-0.39, 0.29) is 0 Å². The number of nitrogens with two attached hydrogens (primary N) is 1. The maximum atomic E-state index is 5.80. The number of anilines is 1. The van der Waals surface area contributed by atoms with Crippen LogP contribution in [0.25, 0.3) is 11.1 Å². The lowest BCUT2D eigenvalue weighted by molar-refractivity contribution is 1.10. The normalized spacial score (nSPS) is 10.1. The van der Waals surface area contributed by atoms with Crippen LogP contribution in [-0.4, -0.2) is 15.0 Å². The van der Waals surface area contributed by atoms with E-state index in [9.17, 15) is 0 Å². The van der Waals surface area contributed by atoms with Gasteiger partial charge in [0.1, 0.15) is 6.33 Å². The number of aryl methyl sites for hydroxylation is 1. The molecule has 2 N–H and O–H groups in total. The lowest BCUT2D eigenvalue weighted by Gasteiger charge is -2.05. The molecule has 0 aliphatic heterocycles. The summed E-state index contributed by atoms with van der Waals surface area (Å²) in [7, 11) is 0. The predicted octanol–water partition coefficient (Wildman–Crippen LogP) is 1.43. The van der Waals surface area contributed by atoms with Crippen molar-refractivity contribution in [3.8, 4) is 11.1 Å². The summed E-state index contributed by atoms with van der Waals surface area (Å²) in [5.74, 6) is 0. The zero-order valence-electron chi connectivity index (χ0n) is 7.81. The Labute approximate surface area is 81.9 Å². The fourth-order valence-electron chi connectivity index (χ4n) is 1.31. The number of nitrogens with zero attached hydrogens (tertiary/aromatic N) is 3. The summed E-state index contributed by atoms with van der Waals surface area (Å²) in [6, 6.07) is 1.86. The number of hydrogen-bond acceptors (Lipinski definition) is 4. The lowest BCUT2D eigenvalue weighted by Crippen LogP contribution is -1.94. The zero-order valence-corrected chi connectivity index (χ0v) is 7.81. The average molecular weight is 186 g/mol. The first-order chi connectivity index (χ1) is 6.79. The molecule has 2 aromatic heterocycles. The highest BCUT2D eigenvalue weighted by molar-refractivity contribution is 5.76. The maximum Gasteiger partial charge on any atom is 0.115 e. The van der Waals surface area contributed by atoms with Crippen molar-refractivity contribution in [2.45, 2.75) is 6.92 Å². The van der Waals surface area contributed by atoms with Crippen LogP contribution in [0.4, 0.5) is 5.69 Å². The summed E-state index contributed by atoms with van der Waals surface area (Å²) in [6.07, 6.45) is 6.62. The fourth-order valence-corrected chi connectivity index (χ4v) is 1.31. The summed E-state index contributed by atoms with van der Waals surface area (Å²) < 4.78 is 0. The molecule has 0 amide bonds. The first-order valence-electron chi connectivity index (χ1n) is 4.25. The van der Waals surface area contributed by atoms with Gasteiger partial charge in [-0.25, -0.2) is 9.97 Å². The number of rotatable bonds is 1. The Kier molecular flexibility index (Phi) is 2.10. The van der Waals surface area contributed by atoms with Crippen LogP contribution in [0.3, 0.4) is 0 Å². The average Bonchev–Trinajstić information content (AvgIpc) is 2.20. The van der Waals surface area contributed by atoms with Crippen molar-refractivity contribution in [2.75, 3.05) is 5.73 Å². The van der Waals surface area contributed by atoms with Crippen LogP contribution in [-0.2, 0) is 0 Å². The lowest BCUT2D eigenvalue weighted by atomic mass is 10.1. The molecule has 0 radical (unpaired) electrons. The fraction of sp³-hybridized carbons (Fsp3) is 0.100. The molecular formula is C10H10N4. The van der Waals surface area contributed by atoms with Crippen LogP contribution < -0.4 is 5.73 Å². The molecule has 0 atom stereocenters. The van der Waals surface area contributed by atoms with Crippen molar-refractivity contribution in [1.82, 2.24) is 15.0 Å². The second kappa shape index (κ2) is 3.41. The van der Waals surface area contributed by atoms with E-state index in [0.717, 1.165) is 16.8 Å². The van der Waals surface area contributed by atoms with E-state index in [1.165, 1.54) is 6.33 Å². The van der Waals surface area contributed by atoms with Crippen LogP contribution in [0.2, 0.25) is 0 Å². The van der Waals surface area contributed by atoms with Crippen LogP contribution in [0.1, 0.15) is 5.69 Å². The summed E-state index contributed by atoms with van der Waals surface area (Å²) in [6.45, 7) is 1.93. The Morgan fingerprint density at radius 3 is 2.71 bits per heavy atom. The van der Waals surface area contributed by atoms with Crippen molar-refractivity contribution in [2.24, 2.45) is 0 Å². The van der Waals surface area contributed by atoms with E-state index in [1.807, 2.05) is 13.0 Å². The van der Waals surface area contributed by atoms with E-state index < -0.39 is 0 Å². The molecule has 0 saturated heterocycles. The monoisotopic (exact) mass is 186 g/mol. The quantitative estimate of drug-likeness (QED) is 0.731. The minimum atomic E-state index is 0.644. The third kappa shape index (κ3) is 1.42. The molecule has 2 rings (SSSR count). The molecule has 0 bridgehead atoms. The molecule has 4 heteroatoms. The standard InChI is InChI=1S/C10H10N4/c1-7-9(4-13-6-14-7)8-2-3-12-5-10(8)11/h2-6H,11H2,1H3. The van der Waals surface area contributed by atoms with Gasteiger partial charge in [0.05, 0.1) is 11.9 Å². The highest BCUT2D eigenvalue weighted by Crippen LogP contribution is 2.25. The first kappa shape index (κ1) is 8.62. The first-order valence-corrected chi connectivity index (χ1v) is 4.25. The zero-order chi connectivity index (χ0) is 9.97. The highest BCUT2D eigenvalue weighted by atomic mass is 14.8. The van der Waals surface area contributed by atoms with E-state index >= 15 is 0 Å². The number of hydrogen-bond donors (Lipinski definition) is 1. The molecule has 14 heavy (non-hydrogen) atoms. The van der Waals surface area contributed by atoms with E-state index in [4.69, 9.17) is 5.73 Å². The molecule has 0 unspecified atom stereocenters. The Morgan fingerprint density at radius 1 is 1.14 bits per heavy atom. The van der Waals surface area contributed by atoms with Gasteiger partial charge in [-0.3, -0.25) is 4.98 Å². The van der Waals surface area contributed by atoms with Gasteiger partial charge in [0.25, 0.3) is 0 Å². The maximum absolute atomic E-state index is 5.80. The molecule has 0 spiro atoms. The van der Waals surface area contributed by atoms with Crippen molar-refractivity contribution < 1.29 is 0 Å². The number of aromatic nitrogens is 3. The Bertz CT molecular complexity index is 410. The smallest absolute Gasteiger partial charge is 0.115 e. The molecule has 2 aromatic rings. The van der Waals surface area contributed by atoms with Crippen LogP contribution in [0, 0.1) is 6.92 Å². The van der Waals surface area contributed by atoms with Crippen molar-refractivity contribution in [3.63, 3.8) is 0 Å². The number of nitrogen functional groups attached to an aromatic ring is 1. The van der Waals surface area contributed by atoms with Crippen molar-refractivity contribution >= 4 is 5.69 Å². The third-order valence-electron chi connectivity index (χ3n) is 2.05. The molecule has 0 aliphatic carbocycles. The van der Waals surface area contributed by atoms with Gasteiger partial charge in [0.15, 0.2) is 0 Å². The SMILES string of the molecule is Cc1ncncc1-c1ccncc1N. The minimum absolute atomic E-state index is 0.644. The van der Waals surface area contributed by atoms with Gasteiger partial charge in [-0.2, -0.15) is 0 Å². The van der Waals surface area contributed by atoms with Crippen LogP contribution in [0.5, 0.6) is 0 Å². The molecule has 0 fully saturated rings. The van der Waals surface area contributed by atoms with Crippen molar-refractivity contribution in [1.29, 1.82) is 0 Å². The van der Waals surface area contributed by atoms with Gasteiger partial charge >= 0.3 is 0 Å². The number of pyridine rings is 1. The summed E-state index contributed by atoms with van der Waals surface area (Å²) in [5.41, 5.74) is 9.24. The topological polar surface area (TPSA) is 64.7 Å². The summed E-state index contributed by atoms with van der Waals surface area (Å²) in [5, 5.41) is 0. The Morgan fingerprint density at radius 2 is 2.00 bits per heavy atom. The van der Waals surface area contributed by atoms with E-state index in [2.05, 4.69) is 15.0 Å². The molecule has 70 valence electrons. The van der Waals surface area contributed by atoms with Gasteiger partial charge in [-0.1, -0.05) is 0 Å². The van der Waals surface area contributed by atoms with Crippen LogP contribution >= 0.6 is 0 Å². The molecule has 2 heterocycles. The van der Waals surface area contributed by atoms with Gasteiger partial charge < -0.3 is 5.73 Å². The predicted molar refractivity (Wildman–Crippen MR) is 54.4 cm³/mol. The molecule has 0 aliphatic rings. The van der Waals surface area contributed by atoms with E-state index in [1.54, 1.807) is 18.6 Å². The largest absolute Gasteiger partial charge is 0.397 e. The molecule has 4 nitrogen and oxygen atoms in total. The van der Waals surface area contributed by atoms with Gasteiger partial charge in [-0.05, 0) is 13.0 Å². The summed E-state index contributed by atoms with van der Waals surface area (Å²) in [4.78, 5) is 12.0. The second-order valence-electron chi connectivity index (χ2n) is 2.98. The minimum Gasteiger partial charge on any atom is -0.397 e. The van der Waals surface area contributed by atoms with Gasteiger partial charge in [-0.15, -0.1) is 0 Å². The van der Waals surface area contributed by atoms with Gasteiger partial charge in [0.2, 0.25) is 0 Å². The Balaban J connectivity index is 2.61. The molecule has 0 aromatic carbocycles. The third-order valence-corrected chi connectivity index (χ3v) is 2.05. The van der Waals surface area contributed by atoms with Gasteiger partial charge in [0, 0.05) is 29.2 Å². The van der Waals surface area contributed by atoms with E-state index in [0.29, 0.717) is 5.69 Å². The summed E-state index contributed by atoms with van der Waals surface area (Å²) >= 11 is 0. The highest BCUT2D eigenvalue weighted by Gasteiger charge is 2.05. The van der Waals surface area contributed by atoms with Crippen molar-refractivity contribution in [3.05, 3.63) is 36.7 Å². The molecule has 0 saturated carbocycles. The van der Waals surface area contributed by atoms with Crippen LogP contribution in [0.15, 0.2) is 31.0 Å². The Hall–Kier alpha value is -1.97. The second-order valence-corrected chi connectivity index (χ2v) is 2.98.